The van der Waals surface area contributed by atoms with Crippen LogP contribution in [0.3, 0.4) is 0 Å². The zero-order valence-corrected chi connectivity index (χ0v) is 41.9. The van der Waals surface area contributed by atoms with E-state index in [-0.39, 0.29) is 11.9 Å². The topological polar surface area (TPSA) is 95.8 Å². The van der Waals surface area contributed by atoms with E-state index in [0.717, 1.165) is 74.2 Å². The van der Waals surface area contributed by atoms with E-state index in [4.69, 9.17) is 18.9 Å². The summed E-state index contributed by atoms with van der Waals surface area (Å²) in [5, 5.41) is 0. The Morgan fingerprint density at radius 1 is 0.353 bits per heavy atom. The van der Waals surface area contributed by atoms with Crippen molar-refractivity contribution in [3.8, 4) is 23.0 Å². The average molecular weight is 929 g/mol. The van der Waals surface area contributed by atoms with Gasteiger partial charge in [-0.05, 0) is 134 Å². The predicted octanol–water partition coefficient (Wildman–Crippen LogP) is 16.6. The van der Waals surface area contributed by atoms with Crippen LogP contribution in [0.5, 0.6) is 23.0 Å². The van der Waals surface area contributed by atoms with Gasteiger partial charge in [0.05, 0.1) is 24.3 Å². The molecule has 0 bridgehead atoms. The molecule has 0 radical (unpaired) electrons. The summed E-state index contributed by atoms with van der Waals surface area (Å²) in [5.41, 5.74) is 2.95. The number of unbranched alkanes of at least 4 members (excludes halogenated alkanes) is 23. The Bertz CT molecular complexity index is 1800. The van der Waals surface area contributed by atoms with E-state index in [1.165, 1.54) is 128 Å². The van der Waals surface area contributed by atoms with Gasteiger partial charge in [-0.15, -0.1) is 0 Å². The van der Waals surface area contributed by atoms with E-state index in [0.29, 0.717) is 35.8 Å². The molecule has 0 saturated carbocycles. The van der Waals surface area contributed by atoms with Crippen LogP contribution in [0.1, 0.15) is 213 Å². The smallest absolute Gasteiger partial charge is 0.343 e. The number of esters is 2. The van der Waals surface area contributed by atoms with Gasteiger partial charge in [0.2, 0.25) is 0 Å². The monoisotopic (exact) mass is 929 g/mol. The first kappa shape index (κ1) is 55.4. The van der Waals surface area contributed by atoms with Gasteiger partial charge in [0.25, 0.3) is 0 Å². The molecule has 0 N–H and O–H groups in total. The SMILES string of the molecule is CCCCCCCCCCCCOc1ccc(C(=O)Oc2ccc(C=NCCCCCCCCN=Cc3ccc(OC(=O)c4ccc(OCCCCCCCCCCCC)cc4)cc3)cc2)cc1. The Morgan fingerprint density at radius 2 is 0.632 bits per heavy atom. The molecular formula is C60H84N2O6. The largest absolute Gasteiger partial charge is 0.494 e. The van der Waals surface area contributed by atoms with Gasteiger partial charge in [-0.1, -0.05) is 155 Å². The van der Waals surface area contributed by atoms with Crippen LogP contribution < -0.4 is 18.9 Å². The Hall–Kier alpha value is -5.24. The third-order valence-electron chi connectivity index (χ3n) is 12.2. The molecule has 4 aromatic carbocycles. The molecule has 0 aliphatic carbocycles. The summed E-state index contributed by atoms with van der Waals surface area (Å²) < 4.78 is 23.0. The Kier molecular flexibility index (Phi) is 29.9. The Labute approximate surface area is 410 Å². The number of rotatable bonds is 39. The lowest BCUT2D eigenvalue weighted by atomic mass is 10.1. The van der Waals surface area contributed by atoms with Gasteiger partial charge >= 0.3 is 11.9 Å². The van der Waals surface area contributed by atoms with Crippen LogP contribution in [-0.4, -0.2) is 50.7 Å². The molecule has 4 aromatic rings. The molecule has 8 heteroatoms. The fourth-order valence-corrected chi connectivity index (χ4v) is 7.96. The molecule has 68 heavy (non-hydrogen) atoms. The minimum atomic E-state index is -0.387. The van der Waals surface area contributed by atoms with E-state index >= 15 is 0 Å². The van der Waals surface area contributed by atoms with E-state index in [1.54, 1.807) is 48.5 Å². The fraction of sp³-hybridized carbons (Fsp3) is 0.533. The minimum absolute atomic E-state index is 0.387. The molecule has 0 spiro atoms. The van der Waals surface area contributed by atoms with Crippen LogP contribution >= 0.6 is 0 Å². The number of carbonyl (C=O) groups is 2. The molecular weight excluding hydrogens is 845 g/mol. The molecule has 0 heterocycles. The van der Waals surface area contributed by atoms with Gasteiger partial charge in [0.1, 0.15) is 23.0 Å². The molecule has 0 saturated heterocycles. The first-order valence-electron chi connectivity index (χ1n) is 26.6. The molecule has 0 atom stereocenters. The van der Waals surface area contributed by atoms with Crippen molar-refractivity contribution in [1.82, 2.24) is 0 Å². The lowest BCUT2D eigenvalue weighted by Crippen LogP contribution is -2.08. The highest BCUT2D eigenvalue weighted by molar-refractivity contribution is 5.92. The molecule has 8 nitrogen and oxygen atoms in total. The van der Waals surface area contributed by atoms with Crippen molar-refractivity contribution in [2.24, 2.45) is 9.98 Å². The molecule has 370 valence electrons. The molecule has 0 amide bonds. The predicted molar refractivity (Wildman–Crippen MR) is 283 cm³/mol. The lowest BCUT2D eigenvalue weighted by Gasteiger charge is -2.08. The molecule has 0 unspecified atom stereocenters. The van der Waals surface area contributed by atoms with Crippen molar-refractivity contribution < 1.29 is 28.5 Å². The zero-order valence-electron chi connectivity index (χ0n) is 41.9. The number of carbonyl (C=O) groups excluding carboxylic acids is 2. The third kappa shape index (κ3) is 25.8. The van der Waals surface area contributed by atoms with Crippen molar-refractivity contribution in [3.63, 3.8) is 0 Å². The Balaban J connectivity index is 0.961. The van der Waals surface area contributed by atoms with Crippen LogP contribution in [0.2, 0.25) is 0 Å². The van der Waals surface area contributed by atoms with Crippen LogP contribution in [0.15, 0.2) is 107 Å². The van der Waals surface area contributed by atoms with E-state index in [2.05, 4.69) is 23.8 Å². The van der Waals surface area contributed by atoms with Crippen molar-refractivity contribution in [1.29, 1.82) is 0 Å². The van der Waals surface area contributed by atoms with E-state index in [9.17, 15) is 9.59 Å². The normalized spacial score (nSPS) is 11.4. The van der Waals surface area contributed by atoms with E-state index in [1.807, 2.05) is 61.0 Å². The molecule has 0 fully saturated rings. The van der Waals surface area contributed by atoms with Crippen molar-refractivity contribution in [2.75, 3.05) is 26.3 Å². The average Bonchev–Trinajstić information content (AvgIpc) is 3.36. The van der Waals surface area contributed by atoms with Crippen molar-refractivity contribution in [2.45, 2.75) is 181 Å². The maximum Gasteiger partial charge on any atom is 0.343 e. The number of hydrogen-bond acceptors (Lipinski definition) is 8. The van der Waals surface area contributed by atoms with Crippen molar-refractivity contribution >= 4 is 24.4 Å². The molecule has 0 aromatic heterocycles. The van der Waals surface area contributed by atoms with Crippen molar-refractivity contribution in [3.05, 3.63) is 119 Å². The summed E-state index contributed by atoms with van der Waals surface area (Å²) in [6.45, 7) is 7.50. The number of aliphatic imine (C=N–C) groups is 2. The number of benzene rings is 4. The quantitative estimate of drug-likeness (QED) is 0.0191. The second-order valence-corrected chi connectivity index (χ2v) is 18.2. The standard InChI is InChI=1S/C60H84N2O6/c1-3-5-7-9-11-13-15-19-23-27-47-65-55-41-33-53(34-42-55)59(63)67-57-37-29-51(30-38-57)49-61-45-25-21-17-18-22-26-46-62-50-52-31-39-58(40-32-52)68-60(64)54-35-43-56(44-36-54)66-48-28-24-20-16-14-12-10-8-6-4-2/h29-44,49-50H,3-28,45-48H2,1-2H3. The van der Waals surface area contributed by atoms with Gasteiger partial charge in [0.15, 0.2) is 0 Å². The number of nitrogens with zero attached hydrogens (tertiary/aromatic N) is 2. The summed E-state index contributed by atoms with van der Waals surface area (Å²) in [4.78, 5) is 34.6. The maximum absolute atomic E-state index is 12.7. The highest BCUT2D eigenvalue weighted by Crippen LogP contribution is 2.20. The first-order chi connectivity index (χ1) is 33.5. The molecule has 4 rings (SSSR count). The first-order valence-corrected chi connectivity index (χ1v) is 26.6. The third-order valence-corrected chi connectivity index (χ3v) is 12.2. The maximum atomic E-state index is 12.7. The Morgan fingerprint density at radius 3 is 0.956 bits per heavy atom. The van der Waals surface area contributed by atoms with Gasteiger partial charge in [-0.25, -0.2) is 9.59 Å². The summed E-state index contributed by atoms with van der Waals surface area (Å²) in [5.74, 6) is 1.79. The second-order valence-electron chi connectivity index (χ2n) is 18.2. The van der Waals surface area contributed by atoms with Gasteiger partial charge in [-0.3, -0.25) is 9.98 Å². The van der Waals surface area contributed by atoms with Crippen LogP contribution in [0.25, 0.3) is 0 Å². The summed E-state index contributed by atoms with van der Waals surface area (Å²) in [6, 6.07) is 29.3. The summed E-state index contributed by atoms with van der Waals surface area (Å²) in [7, 11) is 0. The van der Waals surface area contributed by atoms with E-state index < -0.39 is 0 Å². The minimum Gasteiger partial charge on any atom is -0.494 e. The molecule has 0 aliphatic rings. The lowest BCUT2D eigenvalue weighted by molar-refractivity contribution is 0.0725. The second kappa shape index (κ2) is 36.8. The van der Waals surface area contributed by atoms with Crippen LogP contribution in [-0.2, 0) is 0 Å². The number of hydrogen-bond donors (Lipinski definition) is 0. The van der Waals surface area contributed by atoms with Gasteiger partial charge < -0.3 is 18.9 Å². The zero-order chi connectivity index (χ0) is 48.0. The fourth-order valence-electron chi connectivity index (χ4n) is 7.96. The number of ether oxygens (including phenoxy) is 4. The van der Waals surface area contributed by atoms with Gasteiger partial charge in [0, 0.05) is 25.5 Å². The molecule has 0 aliphatic heterocycles. The summed E-state index contributed by atoms with van der Waals surface area (Å²) >= 11 is 0. The van der Waals surface area contributed by atoms with Crippen LogP contribution in [0.4, 0.5) is 0 Å². The van der Waals surface area contributed by atoms with Crippen LogP contribution in [0, 0.1) is 0 Å². The highest BCUT2D eigenvalue weighted by atomic mass is 16.5. The highest BCUT2D eigenvalue weighted by Gasteiger charge is 2.11. The summed E-state index contributed by atoms with van der Waals surface area (Å²) in [6.07, 6.45) is 36.5. The van der Waals surface area contributed by atoms with Gasteiger partial charge in [-0.2, -0.15) is 0 Å².